The summed E-state index contributed by atoms with van der Waals surface area (Å²) in [6.45, 7) is 0. The lowest BCUT2D eigenvalue weighted by atomic mass is 10.2. The van der Waals surface area contributed by atoms with E-state index < -0.39 is 16.7 Å². The van der Waals surface area contributed by atoms with Crippen molar-refractivity contribution in [3.8, 4) is 0 Å². The molecule has 0 spiro atoms. The van der Waals surface area contributed by atoms with Crippen LogP contribution in [0, 0.1) is 10.1 Å². The van der Waals surface area contributed by atoms with E-state index in [2.05, 4.69) is 42.1 Å². The maximum absolute atomic E-state index is 11.6. The molecule has 3 rings (SSSR count). The van der Waals surface area contributed by atoms with Crippen LogP contribution in [-0.2, 0) is 9.59 Å². The fourth-order valence-electron chi connectivity index (χ4n) is 2.18. The van der Waals surface area contributed by atoms with Crippen LogP contribution in [0.25, 0.3) is 0 Å². The number of non-ortho nitro benzene ring substituents is 1. The number of nitrogens with zero attached hydrogens (tertiary/aromatic N) is 4. The van der Waals surface area contributed by atoms with E-state index in [4.69, 9.17) is 0 Å². The first-order valence-corrected chi connectivity index (χ1v) is 8.67. The third-order valence-corrected chi connectivity index (χ3v) is 4.60. The first-order chi connectivity index (χ1) is 12.4. The molecule has 130 valence electrons. The molecule has 0 bridgehead atoms. The Morgan fingerprint density at radius 2 is 1.46 bits per heavy atom. The fourth-order valence-corrected chi connectivity index (χ4v) is 3.50. The van der Waals surface area contributed by atoms with Crippen molar-refractivity contribution in [1.29, 1.82) is 0 Å². The van der Waals surface area contributed by atoms with Gasteiger partial charge in [0.25, 0.3) is 17.5 Å². The molecule has 0 fully saturated rings. The van der Waals surface area contributed by atoms with Crippen molar-refractivity contribution in [3.05, 3.63) is 67.6 Å². The second-order valence-electron chi connectivity index (χ2n) is 5.08. The van der Waals surface area contributed by atoms with Crippen molar-refractivity contribution in [2.24, 2.45) is 10.2 Å². The van der Waals surface area contributed by atoms with Gasteiger partial charge in [-0.25, -0.2) is 4.90 Å². The summed E-state index contributed by atoms with van der Waals surface area (Å²) in [7, 11) is 0. The summed E-state index contributed by atoms with van der Waals surface area (Å²) >= 11 is 6.47. The zero-order valence-electron chi connectivity index (χ0n) is 12.8. The number of hydrogen-bond donors (Lipinski definition) is 0. The van der Waals surface area contributed by atoms with Gasteiger partial charge in [-0.05, 0) is 56.1 Å². The normalized spacial score (nSPS) is 13.8. The number of anilines is 1. The van der Waals surface area contributed by atoms with E-state index in [1.54, 1.807) is 24.3 Å². The molecule has 2 amide bonds. The van der Waals surface area contributed by atoms with E-state index >= 15 is 0 Å². The average Bonchev–Trinajstić information content (AvgIpc) is 2.93. The van der Waals surface area contributed by atoms with Gasteiger partial charge in [-0.3, -0.25) is 19.7 Å². The van der Waals surface area contributed by atoms with Crippen LogP contribution < -0.4 is 4.90 Å². The number of amides is 2. The summed E-state index contributed by atoms with van der Waals surface area (Å²) in [5, 5.41) is 19.0. The molecule has 1 heterocycles. The molecular formula is C16H8Br2N4O4. The zero-order valence-corrected chi connectivity index (χ0v) is 16.0. The molecule has 0 saturated carbocycles. The Bertz CT molecular complexity index is 945. The first-order valence-electron chi connectivity index (χ1n) is 7.08. The maximum Gasteiger partial charge on any atom is 0.271 e. The van der Waals surface area contributed by atoms with E-state index in [0.717, 1.165) is 4.90 Å². The van der Waals surface area contributed by atoms with Gasteiger partial charge in [0.15, 0.2) is 0 Å². The lowest BCUT2D eigenvalue weighted by Crippen LogP contribution is -2.29. The highest BCUT2D eigenvalue weighted by Gasteiger charge is 2.24. The van der Waals surface area contributed by atoms with Crippen molar-refractivity contribution < 1.29 is 14.5 Å². The standard InChI is InChI=1S/C16H8Br2N4O4/c17-12-7-11(22(25)26)8-13(18)16(12)20-19-9-1-3-10(4-2-9)21-14(23)5-6-15(21)24/h1-8H. The molecular weight excluding hydrogens is 472 g/mol. The van der Waals surface area contributed by atoms with Gasteiger partial charge in [0.1, 0.15) is 5.69 Å². The Labute approximate surface area is 163 Å². The van der Waals surface area contributed by atoms with E-state index in [1.807, 2.05) is 0 Å². The molecule has 0 aromatic heterocycles. The van der Waals surface area contributed by atoms with E-state index in [-0.39, 0.29) is 5.69 Å². The van der Waals surface area contributed by atoms with Gasteiger partial charge in [-0.15, -0.1) is 5.11 Å². The quantitative estimate of drug-likeness (QED) is 0.267. The van der Waals surface area contributed by atoms with Gasteiger partial charge in [0.05, 0.1) is 25.2 Å². The minimum Gasteiger partial charge on any atom is -0.269 e. The van der Waals surface area contributed by atoms with Crippen LogP contribution in [-0.4, -0.2) is 16.7 Å². The van der Waals surface area contributed by atoms with Crippen LogP contribution in [0.2, 0.25) is 0 Å². The second-order valence-corrected chi connectivity index (χ2v) is 6.79. The van der Waals surface area contributed by atoms with Crippen LogP contribution >= 0.6 is 31.9 Å². The summed E-state index contributed by atoms with van der Waals surface area (Å²) in [6.07, 6.45) is 2.42. The number of hydrogen-bond acceptors (Lipinski definition) is 6. The van der Waals surface area contributed by atoms with Crippen molar-refractivity contribution in [1.82, 2.24) is 0 Å². The molecule has 1 aliphatic heterocycles. The summed E-state index contributed by atoms with van der Waals surface area (Å²) in [6, 6.07) is 9.03. The molecule has 0 atom stereocenters. The minimum atomic E-state index is -0.509. The summed E-state index contributed by atoms with van der Waals surface area (Å²) < 4.78 is 0.830. The van der Waals surface area contributed by atoms with Crippen molar-refractivity contribution in [3.63, 3.8) is 0 Å². The topological polar surface area (TPSA) is 105 Å². The van der Waals surface area contributed by atoms with Gasteiger partial charge < -0.3 is 0 Å². The molecule has 0 N–H and O–H groups in total. The lowest BCUT2D eigenvalue weighted by Gasteiger charge is -2.13. The van der Waals surface area contributed by atoms with Crippen molar-refractivity contribution >= 4 is 66.4 Å². The highest BCUT2D eigenvalue weighted by Crippen LogP contribution is 2.38. The Hall–Kier alpha value is -2.72. The number of benzene rings is 2. The predicted octanol–water partition coefficient (Wildman–Crippen LogP) is 4.96. The average molecular weight is 480 g/mol. The third kappa shape index (κ3) is 3.60. The highest BCUT2D eigenvalue weighted by atomic mass is 79.9. The predicted molar refractivity (Wildman–Crippen MR) is 101 cm³/mol. The lowest BCUT2D eigenvalue weighted by molar-refractivity contribution is -0.385. The van der Waals surface area contributed by atoms with Gasteiger partial charge >= 0.3 is 0 Å². The molecule has 1 aliphatic rings. The summed E-state index contributed by atoms with van der Waals surface area (Å²) in [5.41, 5.74) is 1.23. The van der Waals surface area contributed by atoms with Crippen LogP contribution in [0.15, 0.2) is 67.7 Å². The van der Waals surface area contributed by atoms with E-state index in [9.17, 15) is 19.7 Å². The van der Waals surface area contributed by atoms with Gasteiger partial charge in [-0.2, -0.15) is 5.11 Å². The molecule has 10 heteroatoms. The number of nitro benzene ring substituents is 1. The van der Waals surface area contributed by atoms with Crippen molar-refractivity contribution in [2.45, 2.75) is 0 Å². The summed E-state index contributed by atoms with van der Waals surface area (Å²) in [4.78, 5) is 34.7. The SMILES string of the molecule is O=C1C=CC(=O)N1c1ccc(N=Nc2c(Br)cc([N+](=O)[O-])cc2Br)cc1. The Balaban J connectivity index is 1.83. The zero-order chi connectivity index (χ0) is 18.8. The third-order valence-electron chi connectivity index (χ3n) is 3.40. The Kier molecular flexibility index (Phi) is 5.05. The van der Waals surface area contributed by atoms with Crippen molar-refractivity contribution in [2.75, 3.05) is 4.90 Å². The number of carbonyl (C=O) groups excluding carboxylic acids is 2. The molecule has 0 unspecified atom stereocenters. The molecule has 8 nitrogen and oxygen atoms in total. The fraction of sp³-hybridized carbons (Fsp3) is 0. The second kappa shape index (κ2) is 7.26. The Morgan fingerprint density at radius 3 is 1.96 bits per heavy atom. The molecule has 2 aromatic rings. The number of rotatable bonds is 4. The number of halogens is 2. The highest BCUT2D eigenvalue weighted by molar-refractivity contribution is 9.11. The number of azo groups is 1. The van der Waals surface area contributed by atoms with Crippen LogP contribution in [0.4, 0.5) is 22.7 Å². The molecule has 26 heavy (non-hydrogen) atoms. The summed E-state index contributed by atoms with van der Waals surface area (Å²) in [5.74, 6) is -0.800. The number of nitro groups is 1. The van der Waals surface area contributed by atoms with E-state index in [1.165, 1.54) is 24.3 Å². The number of imide groups is 1. The smallest absolute Gasteiger partial charge is 0.269 e. The Morgan fingerprint density at radius 1 is 0.923 bits per heavy atom. The largest absolute Gasteiger partial charge is 0.271 e. The van der Waals surface area contributed by atoms with Gasteiger partial charge in [-0.1, -0.05) is 0 Å². The van der Waals surface area contributed by atoms with Gasteiger partial charge in [0.2, 0.25) is 0 Å². The molecule has 2 aromatic carbocycles. The molecule has 0 saturated heterocycles. The van der Waals surface area contributed by atoms with Crippen LogP contribution in [0.5, 0.6) is 0 Å². The molecule has 0 radical (unpaired) electrons. The van der Waals surface area contributed by atoms with E-state index in [0.29, 0.717) is 26.0 Å². The van der Waals surface area contributed by atoms with Crippen LogP contribution in [0.3, 0.4) is 0 Å². The molecule has 0 aliphatic carbocycles. The first kappa shape index (κ1) is 18.1. The minimum absolute atomic E-state index is 0.0828. The van der Waals surface area contributed by atoms with Crippen LogP contribution in [0.1, 0.15) is 0 Å². The maximum atomic E-state index is 11.6. The van der Waals surface area contributed by atoms with Gasteiger partial charge in [0, 0.05) is 24.3 Å². The monoisotopic (exact) mass is 478 g/mol. The number of carbonyl (C=O) groups is 2.